The molecular formula is C17H36O2Si. The molecule has 0 amide bonds. The molecule has 0 bridgehead atoms. The van der Waals surface area contributed by atoms with Gasteiger partial charge >= 0.3 is 0 Å². The molecule has 0 saturated carbocycles. The Morgan fingerprint density at radius 1 is 0.900 bits per heavy atom. The maximum absolute atomic E-state index is 11.9. The molecule has 0 radical (unpaired) electrons. The molecule has 0 aromatic carbocycles. The molecule has 0 spiro atoms. The van der Waals surface area contributed by atoms with Crippen LogP contribution in [0.15, 0.2) is 0 Å². The van der Waals surface area contributed by atoms with Crippen molar-refractivity contribution in [1.82, 2.24) is 0 Å². The predicted octanol–water partition coefficient (Wildman–Crippen LogP) is 6.07. The lowest BCUT2D eigenvalue weighted by molar-refractivity contribution is -0.135. The van der Waals surface area contributed by atoms with Crippen LogP contribution in [0, 0.1) is 0 Å². The van der Waals surface area contributed by atoms with Gasteiger partial charge in [-0.3, -0.25) is 4.79 Å². The van der Waals surface area contributed by atoms with Crippen LogP contribution < -0.4 is 0 Å². The zero-order chi connectivity index (χ0) is 15.6. The first kappa shape index (κ1) is 19.7. The van der Waals surface area contributed by atoms with E-state index in [0.29, 0.717) is 6.42 Å². The third-order valence-electron chi connectivity index (χ3n) is 4.41. The van der Waals surface area contributed by atoms with Crippen LogP contribution >= 0.6 is 0 Å². The lowest BCUT2D eigenvalue weighted by Crippen LogP contribution is -2.42. The van der Waals surface area contributed by atoms with Crippen molar-refractivity contribution in [3.63, 3.8) is 0 Å². The van der Waals surface area contributed by atoms with Crippen molar-refractivity contribution in [3.05, 3.63) is 0 Å². The van der Waals surface area contributed by atoms with Gasteiger partial charge in [0.25, 0.3) is 14.3 Å². The van der Waals surface area contributed by atoms with Crippen LogP contribution in [0.3, 0.4) is 0 Å². The highest BCUT2D eigenvalue weighted by atomic mass is 28.4. The van der Waals surface area contributed by atoms with E-state index in [2.05, 4.69) is 40.8 Å². The average Bonchev–Trinajstić information content (AvgIpc) is 2.30. The Bertz CT molecular complexity index is 267. The first-order valence-electron chi connectivity index (χ1n) is 8.42. The summed E-state index contributed by atoms with van der Waals surface area (Å²) < 4.78 is 5.76. The topological polar surface area (TPSA) is 26.3 Å². The predicted molar refractivity (Wildman–Crippen MR) is 90.5 cm³/mol. The van der Waals surface area contributed by atoms with Crippen LogP contribution in [0.2, 0.25) is 18.1 Å². The Labute approximate surface area is 127 Å². The molecular weight excluding hydrogens is 264 g/mol. The van der Waals surface area contributed by atoms with E-state index >= 15 is 0 Å². The molecule has 0 unspecified atom stereocenters. The maximum atomic E-state index is 11.9. The summed E-state index contributed by atoms with van der Waals surface area (Å²) in [5.41, 5.74) is 0. The summed E-state index contributed by atoms with van der Waals surface area (Å²) >= 11 is 0. The second-order valence-corrected chi connectivity index (χ2v) is 12.2. The first-order valence-corrected chi connectivity index (χ1v) is 11.3. The minimum atomic E-state index is -1.91. The fourth-order valence-electron chi connectivity index (χ4n) is 1.89. The van der Waals surface area contributed by atoms with Crippen LogP contribution in [0.25, 0.3) is 0 Å². The molecule has 0 aliphatic rings. The number of carbonyl (C=O) groups excluding carboxylic acids is 1. The van der Waals surface area contributed by atoms with E-state index in [-0.39, 0.29) is 11.0 Å². The van der Waals surface area contributed by atoms with E-state index in [4.69, 9.17) is 4.43 Å². The van der Waals surface area contributed by atoms with Crippen LogP contribution in [-0.2, 0) is 9.22 Å². The molecule has 120 valence electrons. The van der Waals surface area contributed by atoms with Crippen molar-refractivity contribution < 1.29 is 9.22 Å². The molecule has 0 rings (SSSR count). The van der Waals surface area contributed by atoms with Crippen LogP contribution in [-0.4, -0.2) is 14.3 Å². The monoisotopic (exact) mass is 300 g/mol. The molecule has 0 heterocycles. The third kappa shape index (κ3) is 8.78. The van der Waals surface area contributed by atoms with Gasteiger partial charge in [-0.15, -0.1) is 0 Å². The fourth-order valence-corrected chi connectivity index (χ4v) is 2.87. The molecule has 2 nitrogen and oxygen atoms in total. The van der Waals surface area contributed by atoms with Gasteiger partial charge in [0.15, 0.2) is 0 Å². The zero-order valence-corrected chi connectivity index (χ0v) is 15.7. The van der Waals surface area contributed by atoms with Crippen molar-refractivity contribution >= 4 is 14.3 Å². The molecule has 0 atom stereocenters. The summed E-state index contributed by atoms with van der Waals surface area (Å²) in [5, 5.41) is 0.113. The molecule has 0 aromatic rings. The lowest BCUT2D eigenvalue weighted by Gasteiger charge is -2.35. The summed E-state index contributed by atoms with van der Waals surface area (Å²) in [5.74, 6) is 0.0163. The number of unbranched alkanes of at least 4 members (excludes halogenated alkanes) is 7. The van der Waals surface area contributed by atoms with Crippen molar-refractivity contribution in [3.8, 4) is 0 Å². The van der Waals surface area contributed by atoms with Crippen molar-refractivity contribution in [1.29, 1.82) is 0 Å². The van der Waals surface area contributed by atoms with Crippen LogP contribution in [0.1, 0.15) is 85.5 Å². The second kappa shape index (κ2) is 9.59. The molecule has 0 saturated heterocycles. The molecule has 0 aromatic heterocycles. The highest BCUT2D eigenvalue weighted by molar-refractivity contribution is 6.75. The van der Waals surface area contributed by atoms with Gasteiger partial charge in [-0.1, -0.05) is 72.6 Å². The summed E-state index contributed by atoms with van der Waals surface area (Å²) in [4.78, 5) is 11.9. The van der Waals surface area contributed by atoms with Gasteiger partial charge < -0.3 is 4.43 Å². The molecule has 0 fully saturated rings. The Morgan fingerprint density at radius 3 is 1.80 bits per heavy atom. The van der Waals surface area contributed by atoms with Crippen molar-refractivity contribution in [2.24, 2.45) is 0 Å². The summed E-state index contributed by atoms with van der Waals surface area (Å²) in [6.45, 7) is 13.0. The van der Waals surface area contributed by atoms with E-state index in [9.17, 15) is 4.79 Å². The van der Waals surface area contributed by atoms with E-state index in [1.54, 1.807) is 0 Å². The summed E-state index contributed by atoms with van der Waals surface area (Å²) in [7, 11) is -1.91. The molecule has 0 N–H and O–H groups in total. The maximum Gasteiger partial charge on any atom is 0.292 e. The van der Waals surface area contributed by atoms with Gasteiger partial charge in [-0.2, -0.15) is 0 Å². The fraction of sp³-hybridized carbons (Fsp3) is 0.941. The Morgan fingerprint density at radius 2 is 1.35 bits per heavy atom. The summed E-state index contributed by atoms with van der Waals surface area (Å²) in [6.07, 6.45) is 10.7. The molecule has 0 aliphatic carbocycles. The second-order valence-electron chi connectivity index (χ2n) is 7.46. The number of hydrogen-bond acceptors (Lipinski definition) is 2. The molecule has 3 heteroatoms. The Hall–Kier alpha value is -0.313. The van der Waals surface area contributed by atoms with Gasteiger partial charge in [0.1, 0.15) is 0 Å². The quantitative estimate of drug-likeness (QED) is 0.362. The number of rotatable bonds is 10. The van der Waals surface area contributed by atoms with Crippen molar-refractivity contribution in [2.75, 3.05) is 0 Å². The standard InChI is InChI=1S/C17H36O2Si/c1-7-8-9-10-11-12-13-14-15-16(18)19-20(5,6)17(2,3)4/h7-15H2,1-6H3. The van der Waals surface area contributed by atoms with E-state index in [1.165, 1.54) is 44.9 Å². The van der Waals surface area contributed by atoms with E-state index in [1.807, 2.05) is 0 Å². The van der Waals surface area contributed by atoms with Gasteiger partial charge in [-0.25, -0.2) is 0 Å². The van der Waals surface area contributed by atoms with Crippen molar-refractivity contribution in [2.45, 2.75) is 104 Å². The van der Waals surface area contributed by atoms with E-state index < -0.39 is 8.32 Å². The Balaban J connectivity index is 3.65. The highest BCUT2D eigenvalue weighted by Gasteiger charge is 2.40. The SMILES string of the molecule is CCCCCCCCCCC(=O)O[Si](C)(C)C(C)(C)C. The van der Waals surface area contributed by atoms with Crippen LogP contribution in [0.5, 0.6) is 0 Å². The zero-order valence-electron chi connectivity index (χ0n) is 14.7. The highest BCUT2D eigenvalue weighted by Crippen LogP contribution is 2.36. The lowest BCUT2D eigenvalue weighted by atomic mass is 10.1. The van der Waals surface area contributed by atoms with Gasteiger partial charge in [-0.05, 0) is 24.6 Å². The van der Waals surface area contributed by atoms with Gasteiger partial charge in [0.2, 0.25) is 0 Å². The normalized spacial score (nSPS) is 12.5. The van der Waals surface area contributed by atoms with Gasteiger partial charge in [0.05, 0.1) is 0 Å². The largest absolute Gasteiger partial charge is 0.519 e. The summed E-state index contributed by atoms with van der Waals surface area (Å²) in [6, 6.07) is 0. The van der Waals surface area contributed by atoms with E-state index in [0.717, 1.165) is 6.42 Å². The minimum absolute atomic E-state index is 0.0163. The third-order valence-corrected chi connectivity index (χ3v) is 8.76. The Kier molecular flexibility index (Phi) is 9.44. The minimum Gasteiger partial charge on any atom is -0.519 e. The first-order chi connectivity index (χ1) is 9.20. The number of carbonyl (C=O) groups is 1. The molecule has 20 heavy (non-hydrogen) atoms. The van der Waals surface area contributed by atoms with Gasteiger partial charge in [0, 0.05) is 6.42 Å². The number of hydrogen-bond donors (Lipinski definition) is 0. The van der Waals surface area contributed by atoms with Crippen LogP contribution in [0.4, 0.5) is 0 Å². The molecule has 0 aliphatic heterocycles. The smallest absolute Gasteiger partial charge is 0.292 e. The average molecular weight is 301 g/mol.